The van der Waals surface area contributed by atoms with Gasteiger partial charge in [-0.05, 0) is 49.0 Å². The second-order valence-electron chi connectivity index (χ2n) is 7.02. The van der Waals surface area contributed by atoms with Crippen molar-refractivity contribution in [3.63, 3.8) is 0 Å². The van der Waals surface area contributed by atoms with Crippen molar-refractivity contribution in [1.82, 2.24) is 0 Å². The Morgan fingerprint density at radius 1 is 1.23 bits per heavy atom. The minimum atomic E-state index is -0.298. The summed E-state index contributed by atoms with van der Waals surface area (Å²) in [6.07, 6.45) is 13.7. The fraction of sp³-hybridized carbons (Fsp3) is 0.455. The third-order valence-corrected chi connectivity index (χ3v) is 5.10. The van der Waals surface area contributed by atoms with Crippen LogP contribution in [0.3, 0.4) is 0 Å². The number of cyclic esters (lactones) is 1. The summed E-state index contributed by atoms with van der Waals surface area (Å²) in [6.45, 7) is 5.87. The van der Waals surface area contributed by atoms with Gasteiger partial charge in [0.2, 0.25) is 0 Å². The highest BCUT2D eigenvalue weighted by Gasteiger charge is 2.35. The molecule has 0 aromatic rings. The Morgan fingerprint density at radius 3 is 2.46 bits per heavy atom. The SMILES string of the molecule is C=C1CC(C(CCC)OC2=CC=C(C3=CC=C(C#N)CC3)CC2)OC1=O. The first-order valence-electron chi connectivity index (χ1n) is 9.36. The lowest BCUT2D eigenvalue weighted by Crippen LogP contribution is -2.29. The van der Waals surface area contributed by atoms with E-state index in [-0.39, 0.29) is 18.2 Å². The van der Waals surface area contributed by atoms with Gasteiger partial charge in [-0.15, -0.1) is 0 Å². The summed E-state index contributed by atoms with van der Waals surface area (Å²) in [5.41, 5.74) is 4.01. The molecule has 2 atom stereocenters. The van der Waals surface area contributed by atoms with Crippen LogP contribution in [0.1, 0.15) is 51.9 Å². The number of carbonyl (C=O) groups is 1. The Bertz CT molecular complexity index is 745. The van der Waals surface area contributed by atoms with E-state index in [0.717, 1.165) is 49.9 Å². The van der Waals surface area contributed by atoms with E-state index in [9.17, 15) is 4.79 Å². The third kappa shape index (κ3) is 4.16. The first kappa shape index (κ1) is 18.3. The predicted octanol–water partition coefficient (Wildman–Crippen LogP) is 4.82. The zero-order chi connectivity index (χ0) is 18.5. The fourth-order valence-corrected chi connectivity index (χ4v) is 3.58. The maximum atomic E-state index is 11.6. The van der Waals surface area contributed by atoms with Gasteiger partial charge in [0.05, 0.1) is 11.8 Å². The van der Waals surface area contributed by atoms with Gasteiger partial charge in [-0.2, -0.15) is 5.26 Å². The average molecular weight is 351 g/mol. The summed E-state index contributed by atoms with van der Waals surface area (Å²) in [6, 6.07) is 2.22. The number of hydrogen-bond acceptors (Lipinski definition) is 4. The molecule has 0 aromatic carbocycles. The number of allylic oxidation sites excluding steroid dienone is 8. The second kappa shape index (κ2) is 8.23. The van der Waals surface area contributed by atoms with Crippen LogP contribution >= 0.6 is 0 Å². The van der Waals surface area contributed by atoms with Gasteiger partial charge >= 0.3 is 5.97 Å². The number of carbonyl (C=O) groups excluding carboxylic acids is 1. The van der Waals surface area contributed by atoms with Crippen molar-refractivity contribution in [3.05, 3.63) is 58.9 Å². The molecule has 4 heteroatoms. The van der Waals surface area contributed by atoms with Crippen molar-refractivity contribution < 1.29 is 14.3 Å². The van der Waals surface area contributed by atoms with Crippen LogP contribution in [0.5, 0.6) is 0 Å². The van der Waals surface area contributed by atoms with E-state index < -0.39 is 0 Å². The van der Waals surface area contributed by atoms with Gasteiger partial charge in [0, 0.05) is 24.0 Å². The Balaban J connectivity index is 1.66. The van der Waals surface area contributed by atoms with Crippen molar-refractivity contribution in [2.45, 2.75) is 64.1 Å². The lowest BCUT2D eigenvalue weighted by molar-refractivity contribution is -0.144. The van der Waals surface area contributed by atoms with Crippen LogP contribution in [-0.4, -0.2) is 18.2 Å². The van der Waals surface area contributed by atoms with Crippen molar-refractivity contribution in [1.29, 1.82) is 5.26 Å². The van der Waals surface area contributed by atoms with Crippen LogP contribution in [0.15, 0.2) is 58.9 Å². The number of nitriles is 1. The quantitative estimate of drug-likeness (QED) is 0.508. The zero-order valence-electron chi connectivity index (χ0n) is 15.3. The average Bonchev–Trinajstić information content (AvgIpc) is 3.01. The molecule has 0 spiro atoms. The molecule has 0 aromatic heterocycles. The summed E-state index contributed by atoms with van der Waals surface area (Å²) in [5, 5.41) is 8.95. The molecule has 0 saturated carbocycles. The highest BCUT2D eigenvalue weighted by Crippen LogP contribution is 2.33. The van der Waals surface area contributed by atoms with E-state index in [2.05, 4.69) is 31.7 Å². The zero-order valence-corrected chi connectivity index (χ0v) is 15.3. The summed E-state index contributed by atoms with van der Waals surface area (Å²) >= 11 is 0. The molecule has 4 nitrogen and oxygen atoms in total. The summed E-state index contributed by atoms with van der Waals surface area (Å²) in [4.78, 5) is 11.6. The molecule has 3 rings (SSSR count). The van der Waals surface area contributed by atoms with Crippen LogP contribution in [0.2, 0.25) is 0 Å². The topological polar surface area (TPSA) is 59.3 Å². The number of esters is 1. The molecule has 0 radical (unpaired) electrons. The van der Waals surface area contributed by atoms with Gasteiger partial charge in [-0.25, -0.2) is 4.79 Å². The van der Waals surface area contributed by atoms with Crippen LogP contribution in [0, 0.1) is 11.3 Å². The summed E-state index contributed by atoms with van der Waals surface area (Å²) in [7, 11) is 0. The lowest BCUT2D eigenvalue weighted by atomic mass is 9.89. The van der Waals surface area contributed by atoms with Gasteiger partial charge < -0.3 is 9.47 Å². The fourth-order valence-electron chi connectivity index (χ4n) is 3.58. The first-order valence-corrected chi connectivity index (χ1v) is 9.36. The van der Waals surface area contributed by atoms with E-state index in [1.54, 1.807) is 0 Å². The Morgan fingerprint density at radius 2 is 1.96 bits per heavy atom. The van der Waals surface area contributed by atoms with E-state index in [1.807, 2.05) is 12.2 Å². The third-order valence-electron chi connectivity index (χ3n) is 5.10. The number of nitrogens with zero attached hydrogens (tertiary/aromatic N) is 1. The first-order chi connectivity index (χ1) is 12.6. The van der Waals surface area contributed by atoms with E-state index >= 15 is 0 Å². The molecule has 0 amide bonds. The molecule has 1 aliphatic heterocycles. The molecule has 0 N–H and O–H groups in total. The van der Waals surface area contributed by atoms with Gasteiger partial charge in [-0.1, -0.05) is 32.1 Å². The molecule has 26 heavy (non-hydrogen) atoms. The molecule has 2 aliphatic carbocycles. The lowest BCUT2D eigenvalue weighted by Gasteiger charge is -2.26. The van der Waals surface area contributed by atoms with Crippen LogP contribution < -0.4 is 0 Å². The molecule has 136 valence electrons. The number of rotatable bonds is 6. The minimum Gasteiger partial charge on any atom is -0.491 e. The van der Waals surface area contributed by atoms with Crippen LogP contribution in [-0.2, 0) is 14.3 Å². The van der Waals surface area contributed by atoms with Gasteiger partial charge in [0.25, 0.3) is 0 Å². The molecular weight excluding hydrogens is 326 g/mol. The van der Waals surface area contributed by atoms with E-state index in [4.69, 9.17) is 14.7 Å². The molecule has 1 saturated heterocycles. The van der Waals surface area contributed by atoms with Crippen molar-refractivity contribution in [2.24, 2.45) is 0 Å². The van der Waals surface area contributed by atoms with E-state index in [0.29, 0.717) is 12.0 Å². The maximum Gasteiger partial charge on any atom is 0.333 e. The monoisotopic (exact) mass is 351 g/mol. The molecular formula is C22H25NO3. The number of hydrogen-bond donors (Lipinski definition) is 0. The van der Waals surface area contributed by atoms with E-state index in [1.165, 1.54) is 11.1 Å². The van der Waals surface area contributed by atoms with Crippen molar-refractivity contribution >= 4 is 5.97 Å². The molecule has 3 aliphatic rings. The van der Waals surface area contributed by atoms with Crippen LogP contribution in [0.4, 0.5) is 0 Å². The normalized spacial score (nSPS) is 23.9. The Hall–Kier alpha value is -2.54. The molecule has 0 bridgehead atoms. The van der Waals surface area contributed by atoms with Gasteiger partial charge in [0.15, 0.2) is 0 Å². The van der Waals surface area contributed by atoms with Gasteiger partial charge in [0.1, 0.15) is 12.2 Å². The molecule has 1 heterocycles. The van der Waals surface area contributed by atoms with Crippen LogP contribution in [0.25, 0.3) is 0 Å². The largest absolute Gasteiger partial charge is 0.491 e. The minimum absolute atomic E-state index is 0.112. The van der Waals surface area contributed by atoms with Crippen molar-refractivity contribution in [3.8, 4) is 6.07 Å². The Kier molecular flexibility index (Phi) is 5.78. The summed E-state index contributed by atoms with van der Waals surface area (Å²) in [5.74, 6) is 0.652. The molecule has 1 fully saturated rings. The highest BCUT2D eigenvalue weighted by atomic mass is 16.6. The Labute approximate surface area is 155 Å². The van der Waals surface area contributed by atoms with Crippen molar-refractivity contribution in [2.75, 3.05) is 0 Å². The smallest absolute Gasteiger partial charge is 0.333 e. The highest BCUT2D eigenvalue weighted by molar-refractivity contribution is 5.90. The van der Waals surface area contributed by atoms with Gasteiger partial charge in [-0.3, -0.25) is 0 Å². The number of ether oxygens (including phenoxy) is 2. The standard InChI is InChI=1S/C22H25NO3/c1-3-4-20(21-13-15(2)22(24)26-21)25-19-11-9-18(10-12-19)17-7-5-16(14-23)6-8-17/h5,7,9,11,20-21H,2-4,6,8,10,12-13H2,1H3. The maximum absolute atomic E-state index is 11.6. The summed E-state index contributed by atoms with van der Waals surface area (Å²) < 4.78 is 11.6. The molecule has 2 unspecified atom stereocenters. The predicted molar refractivity (Wildman–Crippen MR) is 99.8 cm³/mol. The second-order valence-corrected chi connectivity index (χ2v) is 7.02.